The lowest BCUT2D eigenvalue weighted by Crippen LogP contribution is -2.34. The first kappa shape index (κ1) is 18.6. The highest BCUT2D eigenvalue weighted by Gasteiger charge is 2.37. The quantitative estimate of drug-likeness (QED) is 0.415. The van der Waals surface area contributed by atoms with E-state index in [1.165, 1.54) is 0 Å². The lowest BCUT2D eigenvalue weighted by Gasteiger charge is -2.21. The highest BCUT2D eigenvalue weighted by molar-refractivity contribution is 9.10. The molecule has 26 heavy (non-hydrogen) atoms. The molecule has 3 aromatic carbocycles. The van der Waals surface area contributed by atoms with Crippen LogP contribution in [0.5, 0.6) is 0 Å². The molecule has 0 spiro atoms. The number of halogens is 2. The first-order valence-electron chi connectivity index (χ1n) is 7.86. The predicted octanol–water partition coefficient (Wildman–Crippen LogP) is 5.33. The van der Waals surface area contributed by atoms with Crippen LogP contribution in [-0.4, -0.2) is 10.9 Å². The van der Waals surface area contributed by atoms with E-state index < -0.39 is 11.4 Å². The summed E-state index contributed by atoms with van der Waals surface area (Å²) in [6.07, 6.45) is 0. The Morgan fingerprint density at radius 1 is 0.808 bits per heavy atom. The Kier molecular flexibility index (Phi) is 5.73. The van der Waals surface area contributed by atoms with Crippen LogP contribution in [0.25, 0.3) is 0 Å². The Balaban J connectivity index is 2.09. The van der Waals surface area contributed by atoms with Gasteiger partial charge in [0, 0.05) is 25.6 Å². The van der Waals surface area contributed by atoms with Gasteiger partial charge in [0.1, 0.15) is 0 Å². The largest absolute Gasteiger partial charge is 0.367 e. The molecular weight excluding hydrogens is 456 g/mol. The number of carbonyl (C=O) groups is 1. The third-order valence-electron chi connectivity index (χ3n) is 3.86. The smallest absolute Gasteiger partial charge is 0.215 e. The molecule has 0 saturated heterocycles. The minimum absolute atomic E-state index is 0.390. The number of ketones is 1. The van der Waals surface area contributed by atoms with Gasteiger partial charge in [-0.05, 0) is 42.3 Å². The van der Waals surface area contributed by atoms with E-state index in [-0.39, 0.29) is 0 Å². The average Bonchev–Trinajstić information content (AvgIpc) is 2.67. The molecule has 128 valence electrons. The lowest BCUT2D eigenvalue weighted by atomic mass is 9.86. The van der Waals surface area contributed by atoms with Crippen molar-refractivity contribution < 1.29 is 9.90 Å². The maximum atomic E-state index is 13.1. The molecule has 0 fully saturated rings. The second-order valence-corrected chi connectivity index (χ2v) is 7.50. The number of aliphatic hydroxyl groups is 1. The molecule has 4 heteroatoms. The zero-order valence-electron chi connectivity index (χ0n) is 13.6. The zero-order chi connectivity index (χ0) is 18.6. The summed E-state index contributed by atoms with van der Waals surface area (Å²) in [5.41, 5.74) is -0.394. The Morgan fingerprint density at radius 2 is 1.35 bits per heavy atom. The van der Waals surface area contributed by atoms with Crippen LogP contribution in [0.1, 0.15) is 21.5 Å². The molecule has 2 nitrogen and oxygen atoms in total. The van der Waals surface area contributed by atoms with Gasteiger partial charge in [-0.1, -0.05) is 80.2 Å². The Morgan fingerprint density at radius 3 is 1.92 bits per heavy atom. The number of carbonyl (C=O) groups excluding carboxylic acids is 1. The molecule has 0 bridgehead atoms. The van der Waals surface area contributed by atoms with Crippen LogP contribution in [-0.2, 0) is 5.60 Å². The van der Waals surface area contributed by atoms with Crippen LogP contribution in [0.3, 0.4) is 0 Å². The van der Waals surface area contributed by atoms with Crippen LogP contribution < -0.4 is 0 Å². The van der Waals surface area contributed by atoms with Crippen molar-refractivity contribution in [2.45, 2.75) is 5.60 Å². The average molecular weight is 470 g/mol. The summed E-state index contributed by atoms with van der Waals surface area (Å²) < 4.78 is 1.72. The zero-order valence-corrected chi connectivity index (χ0v) is 16.8. The van der Waals surface area contributed by atoms with Gasteiger partial charge in [0.2, 0.25) is 11.4 Å². The van der Waals surface area contributed by atoms with Crippen molar-refractivity contribution in [2.75, 3.05) is 0 Å². The van der Waals surface area contributed by atoms with Crippen molar-refractivity contribution in [3.05, 3.63) is 104 Å². The molecule has 3 aromatic rings. The second kappa shape index (κ2) is 8.01. The summed E-state index contributed by atoms with van der Waals surface area (Å²) in [5, 5.41) is 11.3. The molecule has 0 aromatic heterocycles. The predicted molar refractivity (Wildman–Crippen MR) is 110 cm³/mol. The van der Waals surface area contributed by atoms with Crippen molar-refractivity contribution in [1.82, 2.24) is 0 Å². The van der Waals surface area contributed by atoms with E-state index in [0.717, 1.165) is 14.5 Å². The summed E-state index contributed by atoms with van der Waals surface area (Å²) in [6.45, 7) is 0. The first-order chi connectivity index (χ1) is 12.5. The van der Waals surface area contributed by atoms with E-state index in [9.17, 15) is 9.90 Å². The number of Topliss-reactive ketones (excluding diaryl/α,β-unsaturated/α-hetero) is 1. The summed E-state index contributed by atoms with van der Waals surface area (Å²) in [6, 6.07) is 23.1. The minimum Gasteiger partial charge on any atom is -0.367 e. The fourth-order valence-corrected chi connectivity index (χ4v) is 2.97. The topological polar surface area (TPSA) is 37.3 Å². The maximum absolute atomic E-state index is 13.1. The van der Waals surface area contributed by atoms with Crippen LogP contribution in [0.2, 0.25) is 0 Å². The summed E-state index contributed by atoms with van der Waals surface area (Å²) in [7, 11) is 0. The van der Waals surface area contributed by atoms with Gasteiger partial charge in [-0.2, -0.15) is 0 Å². The van der Waals surface area contributed by atoms with Gasteiger partial charge in [-0.3, -0.25) is 4.79 Å². The van der Waals surface area contributed by atoms with Gasteiger partial charge in [0.25, 0.3) is 0 Å². The second-order valence-electron chi connectivity index (χ2n) is 5.67. The van der Waals surface area contributed by atoms with E-state index in [4.69, 9.17) is 0 Å². The lowest BCUT2D eigenvalue weighted by molar-refractivity contribution is 0.0554. The van der Waals surface area contributed by atoms with Gasteiger partial charge in [0.05, 0.1) is 0 Å². The SMILES string of the molecule is O=C(c1ccc(Br)cc1)[C@@](O)(C#Cc1ccccc1)c1ccc(Br)cc1. The van der Waals surface area contributed by atoms with E-state index >= 15 is 0 Å². The van der Waals surface area contributed by atoms with Crippen LogP contribution >= 0.6 is 31.9 Å². The normalized spacial score (nSPS) is 12.6. The summed E-state index contributed by atoms with van der Waals surface area (Å²) in [4.78, 5) is 13.1. The number of hydrogen-bond donors (Lipinski definition) is 1. The minimum atomic E-state index is -1.94. The highest BCUT2D eigenvalue weighted by atomic mass is 79.9. The van der Waals surface area contributed by atoms with E-state index in [1.807, 2.05) is 30.3 Å². The van der Waals surface area contributed by atoms with Gasteiger partial charge in [-0.15, -0.1) is 0 Å². The molecule has 0 aliphatic heterocycles. The van der Waals surface area contributed by atoms with Crippen LogP contribution in [0.15, 0.2) is 87.8 Å². The molecule has 0 aliphatic carbocycles. The molecule has 0 aliphatic rings. The van der Waals surface area contributed by atoms with Crippen LogP contribution in [0, 0.1) is 11.8 Å². The van der Waals surface area contributed by atoms with Crippen molar-refractivity contribution in [3.63, 3.8) is 0 Å². The van der Waals surface area contributed by atoms with Gasteiger partial charge < -0.3 is 5.11 Å². The van der Waals surface area contributed by atoms with E-state index in [2.05, 4.69) is 43.7 Å². The van der Waals surface area contributed by atoms with Gasteiger partial charge in [-0.25, -0.2) is 0 Å². The highest BCUT2D eigenvalue weighted by Crippen LogP contribution is 2.27. The monoisotopic (exact) mass is 468 g/mol. The first-order valence-corrected chi connectivity index (χ1v) is 9.45. The molecule has 3 rings (SSSR count). The Labute approximate surface area is 169 Å². The summed E-state index contributed by atoms with van der Waals surface area (Å²) in [5.74, 6) is 5.25. The molecule has 0 saturated carbocycles. The Hall–Kier alpha value is -2.19. The standard InChI is InChI=1S/C22H14Br2O2/c23-19-10-6-17(7-11-19)21(25)22(26,18-8-12-20(24)13-9-18)15-14-16-4-2-1-3-5-16/h1-13,26H/t22-/m1/s1. The van der Waals surface area contributed by atoms with Crippen LogP contribution in [0.4, 0.5) is 0 Å². The molecule has 0 radical (unpaired) electrons. The van der Waals surface area contributed by atoms with E-state index in [0.29, 0.717) is 11.1 Å². The van der Waals surface area contributed by atoms with Gasteiger partial charge >= 0.3 is 0 Å². The molecule has 0 amide bonds. The molecule has 0 heterocycles. The van der Waals surface area contributed by atoms with Crippen molar-refractivity contribution >= 4 is 37.6 Å². The number of benzene rings is 3. The summed E-state index contributed by atoms with van der Waals surface area (Å²) >= 11 is 6.72. The van der Waals surface area contributed by atoms with Crippen molar-refractivity contribution in [3.8, 4) is 11.8 Å². The van der Waals surface area contributed by atoms with Crippen molar-refractivity contribution in [2.24, 2.45) is 0 Å². The Bertz CT molecular complexity index is 969. The molecule has 1 N–H and O–H groups in total. The van der Waals surface area contributed by atoms with Crippen molar-refractivity contribution in [1.29, 1.82) is 0 Å². The maximum Gasteiger partial charge on any atom is 0.215 e. The molecule has 1 atom stereocenters. The fourth-order valence-electron chi connectivity index (χ4n) is 2.45. The third-order valence-corrected chi connectivity index (χ3v) is 4.92. The third kappa shape index (κ3) is 4.13. The molecule has 0 unspecified atom stereocenters. The number of rotatable bonds is 3. The molecular formula is C22H14Br2O2. The number of hydrogen-bond acceptors (Lipinski definition) is 2. The van der Waals surface area contributed by atoms with Gasteiger partial charge in [0.15, 0.2) is 0 Å². The fraction of sp³-hybridized carbons (Fsp3) is 0.0455. The van der Waals surface area contributed by atoms with E-state index in [1.54, 1.807) is 48.5 Å².